The van der Waals surface area contributed by atoms with Crippen molar-refractivity contribution in [2.75, 3.05) is 19.6 Å². The molecule has 0 amide bonds. The van der Waals surface area contributed by atoms with E-state index in [9.17, 15) is 0 Å². The van der Waals surface area contributed by atoms with Gasteiger partial charge in [0.05, 0.1) is 0 Å². The molecule has 0 aromatic carbocycles. The van der Waals surface area contributed by atoms with Crippen molar-refractivity contribution >= 4 is 0 Å². The Labute approximate surface area is 76.1 Å². The summed E-state index contributed by atoms with van der Waals surface area (Å²) in [5.74, 6) is 0. The molecular weight excluding hydrogens is 148 g/mol. The van der Waals surface area contributed by atoms with Gasteiger partial charge in [-0.1, -0.05) is 19.8 Å². The molecular formula is C10H21N2. The molecule has 2 nitrogen and oxygen atoms in total. The number of nitrogens with two attached hydrogens (primary N) is 1. The summed E-state index contributed by atoms with van der Waals surface area (Å²) in [6, 6.07) is 0.467. The zero-order valence-corrected chi connectivity index (χ0v) is 7.97. The second-order valence-electron chi connectivity index (χ2n) is 3.74. The van der Waals surface area contributed by atoms with Crippen LogP contribution in [0.4, 0.5) is 0 Å². The first-order chi connectivity index (χ1) is 5.83. The first kappa shape index (κ1) is 10.0. The molecule has 0 aromatic rings. The second kappa shape index (κ2) is 5.55. The number of hydrogen-bond donors (Lipinski definition) is 1. The van der Waals surface area contributed by atoms with Crippen LogP contribution in [0.3, 0.4) is 0 Å². The van der Waals surface area contributed by atoms with Crippen molar-refractivity contribution in [3.8, 4) is 0 Å². The van der Waals surface area contributed by atoms with Crippen molar-refractivity contribution in [3.05, 3.63) is 6.92 Å². The molecule has 2 heteroatoms. The van der Waals surface area contributed by atoms with E-state index in [0.29, 0.717) is 6.04 Å². The molecule has 1 saturated heterocycles. The van der Waals surface area contributed by atoms with Gasteiger partial charge in [0.25, 0.3) is 0 Å². The van der Waals surface area contributed by atoms with Crippen LogP contribution in [0.5, 0.6) is 0 Å². The average molecular weight is 169 g/mol. The maximum atomic E-state index is 5.82. The fourth-order valence-corrected chi connectivity index (χ4v) is 1.69. The Bertz CT molecular complexity index is 106. The van der Waals surface area contributed by atoms with Gasteiger partial charge in [-0.2, -0.15) is 0 Å². The van der Waals surface area contributed by atoms with Crippen molar-refractivity contribution < 1.29 is 0 Å². The number of nitrogens with zero attached hydrogens (tertiary/aromatic N) is 1. The Balaban J connectivity index is 2.01. The first-order valence-corrected chi connectivity index (χ1v) is 5.10. The lowest BCUT2D eigenvalue weighted by Gasteiger charge is -2.29. The maximum Gasteiger partial charge on any atom is 0.00631 e. The van der Waals surface area contributed by atoms with Crippen LogP contribution in [0, 0.1) is 6.92 Å². The van der Waals surface area contributed by atoms with Gasteiger partial charge in [0.2, 0.25) is 0 Å². The molecule has 12 heavy (non-hydrogen) atoms. The molecule has 0 unspecified atom stereocenters. The molecule has 1 heterocycles. The van der Waals surface area contributed by atoms with Crippen molar-refractivity contribution in [3.63, 3.8) is 0 Å². The average Bonchev–Trinajstić information content (AvgIpc) is 2.09. The lowest BCUT2D eigenvalue weighted by molar-refractivity contribution is 0.210. The van der Waals surface area contributed by atoms with Gasteiger partial charge in [0, 0.05) is 6.04 Å². The van der Waals surface area contributed by atoms with Gasteiger partial charge in [0.15, 0.2) is 0 Å². The van der Waals surface area contributed by atoms with Crippen LogP contribution in [0.25, 0.3) is 0 Å². The van der Waals surface area contributed by atoms with Gasteiger partial charge in [-0.05, 0) is 38.9 Å². The lowest BCUT2D eigenvalue weighted by atomic mass is 10.1. The molecule has 0 bridgehead atoms. The summed E-state index contributed by atoms with van der Waals surface area (Å²) in [6.45, 7) is 7.51. The number of rotatable bonds is 4. The van der Waals surface area contributed by atoms with Gasteiger partial charge in [-0.3, -0.25) is 0 Å². The Morgan fingerprint density at radius 1 is 1.25 bits per heavy atom. The van der Waals surface area contributed by atoms with Crippen molar-refractivity contribution in [1.29, 1.82) is 0 Å². The Kier molecular flexibility index (Phi) is 4.62. The van der Waals surface area contributed by atoms with Crippen LogP contribution in [-0.2, 0) is 0 Å². The van der Waals surface area contributed by atoms with E-state index in [4.69, 9.17) is 5.73 Å². The zero-order chi connectivity index (χ0) is 8.81. The summed E-state index contributed by atoms with van der Waals surface area (Å²) in [7, 11) is 0. The first-order valence-electron chi connectivity index (χ1n) is 5.10. The zero-order valence-electron chi connectivity index (χ0n) is 7.97. The lowest BCUT2D eigenvalue weighted by Crippen LogP contribution is -2.39. The summed E-state index contributed by atoms with van der Waals surface area (Å²) in [6.07, 6.45) is 6.02. The minimum atomic E-state index is 0.467. The Morgan fingerprint density at radius 2 is 1.92 bits per heavy atom. The monoisotopic (exact) mass is 169 g/mol. The van der Waals surface area contributed by atoms with Crippen LogP contribution in [0.1, 0.15) is 32.1 Å². The van der Waals surface area contributed by atoms with Gasteiger partial charge < -0.3 is 10.6 Å². The van der Waals surface area contributed by atoms with Crippen LogP contribution in [-0.4, -0.2) is 30.6 Å². The van der Waals surface area contributed by atoms with Crippen LogP contribution in [0.15, 0.2) is 0 Å². The van der Waals surface area contributed by atoms with Crippen LogP contribution >= 0.6 is 0 Å². The summed E-state index contributed by atoms with van der Waals surface area (Å²) in [4.78, 5) is 2.53. The highest BCUT2D eigenvalue weighted by Crippen LogP contribution is 2.09. The predicted octanol–water partition coefficient (Wildman–Crippen LogP) is 1.41. The van der Waals surface area contributed by atoms with Crippen LogP contribution < -0.4 is 5.73 Å². The highest BCUT2D eigenvalue weighted by atomic mass is 15.1. The van der Waals surface area contributed by atoms with Gasteiger partial charge in [0.1, 0.15) is 0 Å². The molecule has 0 spiro atoms. The van der Waals surface area contributed by atoms with Crippen molar-refractivity contribution in [2.24, 2.45) is 5.73 Å². The highest BCUT2D eigenvalue weighted by molar-refractivity contribution is 4.73. The van der Waals surface area contributed by atoms with E-state index >= 15 is 0 Å². The van der Waals surface area contributed by atoms with Gasteiger partial charge >= 0.3 is 0 Å². The molecule has 1 radical (unpaired) electrons. The molecule has 0 aliphatic carbocycles. The van der Waals surface area contributed by atoms with Crippen molar-refractivity contribution in [1.82, 2.24) is 4.90 Å². The van der Waals surface area contributed by atoms with Gasteiger partial charge in [-0.15, -0.1) is 0 Å². The van der Waals surface area contributed by atoms with Crippen LogP contribution in [0.2, 0.25) is 0 Å². The fourth-order valence-electron chi connectivity index (χ4n) is 1.69. The topological polar surface area (TPSA) is 29.3 Å². The van der Waals surface area contributed by atoms with E-state index in [1.165, 1.54) is 45.3 Å². The van der Waals surface area contributed by atoms with E-state index in [2.05, 4.69) is 11.8 Å². The number of hydrogen-bond acceptors (Lipinski definition) is 2. The van der Waals surface area contributed by atoms with Gasteiger partial charge in [-0.25, -0.2) is 0 Å². The Hall–Kier alpha value is -0.0800. The quantitative estimate of drug-likeness (QED) is 0.645. The molecule has 1 rings (SSSR count). The molecule has 1 aliphatic rings. The molecule has 0 atom stereocenters. The summed E-state index contributed by atoms with van der Waals surface area (Å²) in [5, 5.41) is 0. The molecule has 0 saturated carbocycles. The fraction of sp³-hybridized carbons (Fsp3) is 0.900. The molecule has 1 aliphatic heterocycles. The number of piperidine rings is 1. The third-order valence-electron chi connectivity index (χ3n) is 2.61. The van der Waals surface area contributed by atoms with E-state index < -0.39 is 0 Å². The third-order valence-corrected chi connectivity index (χ3v) is 2.61. The van der Waals surface area contributed by atoms with E-state index in [-0.39, 0.29) is 0 Å². The smallest absolute Gasteiger partial charge is 0.00631 e. The summed E-state index contributed by atoms with van der Waals surface area (Å²) >= 11 is 0. The minimum absolute atomic E-state index is 0.467. The van der Waals surface area contributed by atoms with Crippen molar-refractivity contribution in [2.45, 2.75) is 38.1 Å². The Morgan fingerprint density at radius 3 is 2.50 bits per heavy atom. The normalized spacial score (nSPS) is 21.5. The molecule has 71 valence electrons. The second-order valence-corrected chi connectivity index (χ2v) is 3.74. The minimum Gasteiger partial charge on any atom is -0.328 e. The number of unbranched alkanes of at least 4 members (excludes halogenated alkanes) is 2. The third kappa shape index (κ3) is 3.55. The number of likely N-dealkylation sites (tertiary alicyclic amines) is 1. The molecule has 1 fully saturated rings. The van der Waals surface area contributed by atoms with E-state index in [0.717, 1.165) is 6.42 Å². The summed E-state index contributed by atoms with van der Waals surface area (Å²) < 4.78 is 0. The molecule has 2 N–H and O–H groups in total. The van der Waals surface area contributed by atoms with E-state index in [1.807, 2.05) is 0 Å². The standard InChI is InChI=1S/C10H21N2/c1-2-3-4-7-12-8-5-10(11)6-9-12/h10H,1-9,11H2. The summed E-state index contributed by atoms with van der Waals surface area (Å²) in [5.41, 5.74) is 5.82. The highest BCUT2D eigenvalue weighted by Gasteiger charge is 2.14. The van der Waals surface area contributed by atoms with E-state index in [1.54, 1.807) is 0 Å². The maximum absolute atomic E-state index is 5.82. The molecule has 0 aromatic heterocycles. The SMILES string of the molecule is [CH2]CCCCN1CCC(N)CC1. The largest absolute Gasteiger partial charge is 0.328 e. The predicted molar refractivity (Wildman–Crippen MR) is 52.9 cm³/mol.